The van der Waals surface area contributed by atoms with Crippen LogP contribution in [-0.4, -0.2) is 57.6 Å². The van der Waals surface area contributed by atoms with Gasteiger partial charge in [-0.2, -0.15) is 5.10 Å². The minimum absolute atomic E-state index is 0.166. The summed E-state index contributed by atoms with van der Waals surface area (Å²) in [6.45, 7) is 4.86. The van der Waals surface area contributed by atoms with E-state index in [0.29, 0.717) is 11.5 Å². The van der Waals surface area contributed by atoms with E-state index in [9.17, 15) is 14.4 Å². The number of aromatic nitrogens is 3. The van der Waals surface area contributed by atoms with Gasteiger partial charge < -0.3 is 15.0 Å². The maximum absolute atomic E-state index is 12.4. The van der Waals surface area contributed by atoms with Crippen LogP contribution in [0.2, 0.25) is 0 Å². The third-order valence-electron chi connectivity index (χ3n) is 4.97. The summed E-state index contributed by atoms with van der Waals surface area (Å²) < 4.78 is 6.66. The third kappa shape index (κ3) is 5.18. The minimum atomic E-state index is -0.675. The Morgan fingerprint density at radius 1 is 1.06 bits per heavy atom. The molecule has 2 heterocycles. The Bertz CT molecular complexity index is 1120. The lowest BCUT2D eigenvalue weighted by Gasteiger charge is -2.18. The van der Waals surface area contributed by atoms with E-state index in [-0.39, 0.29) is 18.0 Å². The van der Waals surface area contributed by atoms with Crippen molar-refractivity contribution in [3.63, 3.8) is 0 Å². The fourth-order valence-electron chi connectivity index (χ4n) is 3.13. The first-order valence-corrected chi connectivity index (χ1v) is 10.0. The van der Waals surface area contributed by atoms with Gasteiger partial charge in [0.2, 0.25) is 5.91 Å². The van der Waals surface area contributed by atoms with Crippen LogP contribution in [0.25, 0.3) is 5.82 Å². The Hall–Kier alpha value is -4.01. The highest BCUT2D eigenvalue weighted by atomic mass is 16.5. The first kappa shape index (κ1) is 22.7. The number of hydrogen-bond acceptors (Lipinski definition) is 6. The van der Waals surface area contributed by atoms with Crippen LogP contribution in [0.1, 0.15) is 27.2 Å². The quantitative estimate of drug-likeness (QED) is 0.572. The lowest BCUT2D eigenvalue weighted by atomic mass is 10.1. The number of anilines is 1. The lowest BCUT2D eigenvalue weighted by Crippen LogP contribution is -2.37. The summed E-state index contributed by atoms with van der Waals surface area (Å²) in [5.41, 5.74) is 3.37. The van der Waals surface area contributed by atoms with Gasteiger partial charge in [-0.15, -0.1) is 0 Å². The number of rotatable bonds is 7. The van der Waals surface area contributed by atoms with Crippen molar-refractivity contribution in [1.82, 2.24) is 19.7 Å². The predicted octanol–water partition coefficient (Wildman–Crippen LogP) is 2.45. The second kappa shape index (κ2) is 9.86. The van der Waals surface area contributed by atoms with E-state index in [1.54, 1.807) is 25.3 Å². The zero-order valence-electron chi connectivity index (χ0n) is 18.5. The fourth-order valence-corrected chi connectivity index (χ4v) is 3.13. The highest BCUT2D eigenvalue weighted by Gasteiger charge is 2.20. The van der Waals surface area contributed by atoms with Crippen molar-refractivity contribution in [2.45, 2.75) is 20.8 Å². The monoisotopic (exact) mass is 435 g/mol. The number of aryl methyl sites for hydroxylation is 2. The number of nitrogens with one attached hydrogen (secondary N) is 1. The van der Waals surface area contributed by atoms with Crippen LogP contribution in [0.3, 0.4) is 0 Å². The van der Waals surface area contributed by atoms with Crippen LogP contribution < -0.4 is 5.32 Å². The number of nitrogens with zero attached hydrogens (tertiary/aromatic N) is 4. The molecule has 0 atom stereocenters. The number of benzene rings is 1. The lowest BCUT2D eigenvalue weighted by molar-refractivity contribution is -0.136. The minimum Gasteiger partial charge on any atom is -0.452 e. The molecule has 0 spiro atoms. The second-order valence-corrected chi connectivity index (χ2v) is 7.38. The Kier molecular flexibility index (Phi) is 6.99. The highest BCUT2D eigenvalue weighted by Crippen LogP contribution is 2.19. The standard InChI is InChI=1S/C23H25N5O4/c1-15-8-7-9-16(2)22(15)26-20(29)13-27(4)21(30)14-32-23(31)18-12-25-28(17(18)3)19-10-5-6-11-24-19/h5-12H,13-14H2,1-4H3,(H,26,29). The number of esters is 1. The van der Waals surface area contributed by atoms with Gasteiger partial charge in [0, 0.05) is 18.9 Å². The molecular weight excluding hydrogens is 410 g/mol. The van der Waals surface area contributed by atoms with Crippen molar-refractivity contribution in [2.75, 3.05) is 25.5 Å². The molecule has 9 heteroatoms. The molecule has 1 N–H and O–H groups in total. The van der Waals surface area contributed by atoms with Crippen LogP contribution in [0.15, 0.2) is 48.8 Å². The smallest absolute Gasteiger partial charge is 0.342 e. The summed E-state index contributed by atoms with van der Waals surface area (Å²) in [4.78, 5) is 42.5. The number of carbonyl (C=O) groups is 3. The average Bonchev–Trinajstić information content (AvgIpc) is 3.16. The summed E-state index contributed by atoms with van der Waals surface area (Å²) in [6, 6.07) is 11.1. The Morgan fingerprint density at radius 3 is 2.44 bits per heavy atom. The number of amides is 2. The maximum Gasteiger partial charge on any atom is 0.342 e. The third-order valence-corrected chi connectivity index (χ3v) is 4.97. The van der Waals surface area contributed by atoms with Crippen LogP contribution in [0.5, 0.6) is 0 Å². The summed E-state index contributed by atoms with van der Waals surface area (Å²) in [6.07, 6.45) is 3.00. The van der Waals surface area contributed by atoms with Gasteiger partial charge in [-0.25, -0.2) is 14.5 Å². The van der Waals surface area contributed by atoms with E-state index in [2.05, 4.69) is 15.4 Å². The van der Waals surface area contributed by atoms with E-state index in [1.807, 2.05) is 38.1 Å². The zero-order valence-corrected chi connectivity index (χ0v) is 18.5. The first-order chi connectivity index (χ1) is 15.3. The number of likely N-dealkylation sites (N-methyl/N-ethyl adjacent to an activating group) is 1. The molecule has 166 valence electrons. The molecule has 32 heavy (non-hydrogen) atoms. The van der Waals surface area contributed by atoms with E-state index in [0.717, 1.165) is 16.8 Å². The molecule has 0 aliphatic rings. The highest BCUT2D eigenvalue weighted by molar-refractivity contribution is 5.96. The number of hydrogen-bond donors (Lipinski definition) is 1. The van der Waals surface area contributed by atoms with E-state index >= 15 is 0 Å². The first-order valence-electron chi connectivity index (χ1n) is 10.0. The van der Waals surface area contributed by atoms with Crippen molar-refractivity contribution in [2.24, 2.45) is 0 Å². The van der Waals surface area contributed by atoms with Crippen LogP contribution >= 0.6 is 0 Å². The van der Waals surface area contributed by atoms with E-state index in [4.69, 9.17) is 4.74 Å². The summed E-state index contributed by atoms with van der Waals surface area (Å²) in [7, 11) is 1.48. The van der Waals surface area contributed by atoms with E-state index < -0.39 is 18.5 Å². The predicted molar refractivity (Wildman–Crippen MR) is 119 cm³/mol. The number of ether oxygens (including phenoxy) is 1. The molecule has 0 unspecified atom stereocenters. The van der Waals surface area contributed by atoms with Gasteiger partial charge in [0.1, 0.15) is 5.56 Å². The van der Waals surface area contributed by atoms with Crippen LogP contribution in [-0.2, 0) is 14.3 Å². The molecule has 0 bridgehead atoms. The van der Waals surface area contributed by atoms with Gasteiger partial charge in [-0.05, 0) is 44.0 Å². The maximum atomic E-state index is 12.4. The summed E-state index contributed by atoms with van der Waals surface area (Å²) in [5, 5.41) is 6.99. The summed E-state index contributed by atoms with van der Waals surface area (Å²) in [5.74, 6) is -0.942. The van der Waals surface area contributed by atoms with Crippen molar-refractivity contribution in [3.8, 4) is 5.82 Å². The fraction of sp³-hybridized carbons (Fsp3) is 0.261. The Labute approximate surface area is 186 Å². The molecule has 0 saturated carbocycles. The van der Waals surface area contributed by atoms with Crippen LogP contribution in [0, 0.1) is 20.8 Å². The molecule has 0 radical (unpaired) electrons. The molecule has 1 aromatic carbocycles. The normalized spacial score (nSPS) is 10.5. The van der Waals surface area contributed by atoms with E-state index in [1.165, 1.54) is 22.8 Å². The van der Waals surface area contributed by atoms with Crippen molar-refractivity contribution in [1.29, 1.82) is 0 Å². The molecule has 3 aromatic rings. The number of pyridine rings is 1. The molecule has 2 amide bonds. The molecule has 2 aromatic heterocycles. The second-order valence-electron chi connectivity index (χ2n) is 7.38. The van der Waals surface area contributed by atoms with Gasteiger partial charge in [0.25, 0.3) is 5.91 Å². The molecule has 0 aliphatic carbocycles. The van der Waals surface area contributed by atoms with Gasteiger partial charge in [0.15, 0.2) is 12.4 Å². The van der Waals surface area contributed by atoms with Gasteiger partial charge in [-0.1, -0.05) is 24.3 Å². The van der Waals surface area contributed by atoms with Crippen molar-refractivity contribution >= 4 is 23.5 Å². The molecule has 0 fully saturated rings. The van der Waals surface area contributed by atoms with Gasteiger partial charge in [0.05, 0.1) is 18.4 Å². The SMILES string of the molecule is Cc1cccc(C)c1NC(=O)CN(C)C(=O)COC(=O)c1cnn(-c2ccccn2)c1C. The molecule has 9 nitrogen and oxygen atoms in total. The number of carbonyl (C=O) groups excluding carboxylic acids is 3. The average molecular weight is 435 g/mol. The Balaban J connectivity index is 1.54. The molecule has 3 rings (SSSR count). The topological polar surface area (TPSA) is 106 Å². The molecular formula is C23H25N5O4. The number of para-hydroxylation sites is 1. The Morgan fingerprint density at radius 2 is 1.78 bits per heavy atom. The molecule has 0 aliphatic heterocycles. The largest absolute Gasteiger partial charge is 0.452 e. The van der Waals surface area contributed by atoms with Crippen LogP contribution in [0.4, 0.5) is 5.69 Å². The molecule has 0 saturated heterocycles. The summed E-state index contributed by atoms with van der Waals surface area (Å²) >= 11 is 0. The van der Waals surface area contributed by atoms with Crippen molar-refractivity contribution < 1.29 is 19.1 Å². The van der Waals surface area contributed by atoms with Gasteiger partial charge in [-0.3, -0.25) is 9.59 Å². The van der Waals surface area contributed by atoms with Gasteiger partial charge >= 0.3 is 5.97 Å². The zero-order chi connectivity index (χ0) is 23.3. The van der Waals surface area contributed by atoms with Crippen molar-refractivity contribution in [3.05, 3.63) is 71.2 Å².